The van der Waals surface area contributed by atoms with Crippen LogP contribution in [0.5, 0.6) is 0 Å². The quantitative estimate of drug-likeness (QED) is 0.476. The molecule has 0 saturated carbocycles. The van der Waals surface area contributed by atoms with E-state index in [2.05, 4.69) is 15.4 Å². The smallest absolute Gasteiger partial charge is 0.328 e. The first-order chi connectivity index (χ1) is 10.4. The molecule has 0 aromatic heterocycles. The standard InChI is InChI=1S/C14H19N3O5/c1-4-9(2)12(13(18)22-3)16-14(19)15-10-5-7-11(8-6-10)17(20)21/h5-9,12H,4H2,1-3H3,(H2,15,16,19). The van der Waals surface area contributed by atoms with Gasteiger partial charge in [0.15, 0.2) is 0 Å². The highest BCUT2D eigenvalue weighted by molar-refractivity contribution is 5.92. The van der Waals surface area contributed by atoms with Crippen molar-refractivity contribution in [3.05, 3.63) is 34.4 Å². The second kappa shape index (κ2) is 7.96. The summed E-state index contributed by atoms with van der Waals surface area (Å²) >= 11 is 0. The van der Waals surface area contributed by atoms with Crippen molar-refractivity contribution in [3.8, 4) is 0 Å². The molecule has 0 aliphatic rings. The number of rotatable bonds is 6. The van der Waals surface area contributed by atoms with Gasteiger partial charge in [-0.2, -0.15) is 0 Å². The number of methoxy groups -OCH3 is 1. The van der Waals surface area contributed by atoms with Gasteiger partial charge in [-0.05, 0) is 18.1 Å². The number of nitro benzene ring substituents is 1. The molecule has 0 aliphatic heterocycles. The lowest BCUT2D eigenvalue weighted by atomic mass is 9.99. The van der Waals surface area contributed by atoms with Crippen LogP contribution in [0, 0.1) is 16.0 Å². The number of amides is 2. The summed E-state index contributed by atoms with van der Waals surface area (Å²) in [4.78, 5) is 33.6. The van der Waals surface area contributed by atoms with Crippen LogP contribution in [0.4, 0.5) is 16.2 Å². The Labute approximate surface area is 128 Å². The average molecular weight is 309 g/mol. The molecule has 8 heteroatoms. The number of nitrogens with one attached hydrogen (secondary N) is 2. The number of non-ortho nitro benzene ring substituents is 1. The van der Waals surface area contributed by atoms with Crippen molar-refractivity contribution >= 4 is 23.4 Å². The van der Waals surface area contributed by atoms with Gasteiger partial charge in [-0.1, -0.05) is 20.3 Å². The number of nitrogens with zero attached hydrogens (tertiary/aromatic N) is 1. The zero-order valence-electron chi connectivity index (χ0n) is 12.7. The minimum atomic E-state index is -0.756. The Morgan fingerprint density at radius 1 is 1.32 bits per heavy atom. The number of hydrogen-bond acceptors (Lipinski definition) is 5. The van der Waals surface area contributed by atoms with Crippen LogP contribution in [0.3, 0.4) is 0 Å². The fourth-order valence-corrected chi connectivity index (χ4v) is 1.77. The van der Waals surface area contributed by atoms with E-state index in [1.165, 1.54) is 31.4 Å². The van der Waals surface area contributed by atoms with Crippen LogP contribution in [0.15, 0.2) is 24.3 Å². The third-order valence-electron chi connectivity index (χ3n) is 3.29. The molecule has 22 heavy (non-hydrogen) atoms. The Morgan fingerprint density at radius 3 is 2.36 bits per heavy atom. The van der Waals surface area contributed by atoms with Gasteiger partial charge in [-0.15, -0.1) is 0 Å². The predicted octanol–water partition coefficient (Wildman–Crippen LogP) is 2.30. The fraction of sp³-hybridized carbons (Fsp3) is 0.429. The number of nitro groups is 1. The van der Waals surface area contributed by atoms with Crippen molar-refractivity contribution in [2.45, 2.75) is 26.3 Å². The number of urea groups is 1. The summed E-state index contributed by atoms with van der Waals surface area (Å²) in [5.41, 5.74) is 0.314. The van der Waals surface area contributed by atoms with Gasteiger partial charge in [0.2, 0.25) is 0 Å². The largest absolute Gasteiger partial charge is 0.467 e. The summed E-state index contributed by atoms with van der Waals surface area (Å²) in [6, 6.07) is 4.05. The van der Waals surface area contributed by atoms with E-state index in [0.717, 1.165) is 0 Å². The molecule has 120 valence electrons. The topological polar surface area (TPSA) is 111 Å². The molecule has 0 spiro atoms. The van der Waals surface area contributed by atoms with E-state index in [1.54, 1.807) is 0 Å². The lowest BCUT2D eigenvalue weighted by molar-refractivity contribution is -0.384. The number of ether oxygens (including phenoxy) is 1. The number of hydrogen-bond donors (Lipinski definition) is 2. The Kier molecular flexibility index (Phi) is 6.30. The fourth-order valence-electron chi connectivity index (χ4n) is 1.77. The van der Waals surface area contributed by atoms with Gasteiger partial charge in [0.05, 0.1) is 12.0 Å². The van der Waals surface area contributed by atoms with Crippen LogP contribution in [0.1, 0.15) is 20.3 Å². The zero-order valence-corrected chi connectivity index (χ0v) is 12.7. The molecule has 0 aliphatic carbocycles. The minimum absolute atomic E-state index is 0.0713. The highest BCUT2D eigenvalue weighted by Crippen LogP contribution is 2.15. The third-order valence-corrected chi connectivity index (χ3v) is 3.29. The minimum Gasteiger partial charge on any atom is -0.467 e. The van der Waals surface area contributed by atoms with Crippen LogP contribution >= 0.6 is 0 Å². The monoisotopic (exact) mass is 309 g/mol. The van der Waals surface area contributed by atoms with Crippen LogP contribution < -0.4 is 10.6 Å². The summed E-state index contributed by atoms with van der Waals surface area (Å²) in [7, 11) is 1.26. The van der Waals surface area contributed by atoms with Gasteiger partial charge in [0.1, 0.15) is 6.04 Å². The molecule has 0 saturated heterocycles. The van der Waals surface area contributed by atoms with Gasteiger partial charge in [0, 0.05) is 17.8 Å². The highest BCUT2D eigenvalue weighted by Gasteiger charge is 2.26. The first-order valence-electron chi connectivity index (χ1n) is 6.78. The summed E-state index contributed by atoms with van der Waals surface area (Å²) in [5.74, 6) is -0.608. The number of carbonyl (C=O) groups excluding carboxylic acids is 2. The summed E-state index contributed by atoms with van der Waals surface area (Å²) < 4.78 is 4.67. The van der Waals surface area contributed by atoms with E-state index in [0.29, 0.717) is 12.1 Å². The van der Waals surface area contributed by atoms with E-state index in [1.807, 2.05) is 13.8 Å². The molecule has 0 bridgehead atoms. The van der Waals surface area contributed by atoms with Crippen molar-refractivity contribution < 1.29 is 19.2 Å². The Balaban J connectivity index is 2.70. The molecule has 2 N–H and O–H groups in total. The molecule has 0 fully saturated rings. The van der Waals surface area contributed by atoms with Crippen molar-refractivity contribution in [2.75, 3.05) is 12.4 Å². The van der Waals surface area contributed by atoms with Gasteiger partial charge in [-0.3, -0.25) is 10.1 Å². The second-order valence-corrected chi connectivity index (χ2v) is 4.79. The average Bonchev–Trinajstić information content (AvgIpc) is 2.51. The van der Waals surface area contributed by atoms with Crippen molar-refractivity contribution in [3.63, 3.8) is 0 Å². The normalized spacial score (nSPS) is 12.9. The number of anilines is 1. The molecule has 1 rings (SSSR count). The lowest BCUT2D eigenvalue weighted by Gasteiger charge is -2.21. The molecule has 8 nitrogen and oxygen atoms in total. The number of benzene rings is 1. The predicted molar refractivity (Wildman–Crippen MR) is 80.5 cm³/mol. The maximum Gasteiger partial charge on any atom is 0.328 e. The van der Waals surface area contributed by atoms with E-state index >= 15 is 0 Å². The van der Waals surface area contributed by atoms with Gasteiger partial charge in [0.25, 0.3) is 5.69 Å². The van der Waals surface area contributed by atoms with Gasteiger partial charge in [-0.25, -0.2) is 9.59 Å². The third kappa shape index (κ3) is 4.72. The molecule has 1 aromatic carbocycles. The zero-order chi connectivity index (χ0) is 16.7. The first-order valence-corrected chi connectivity index (χ1v) is 6.78. The molecule has 0 heterocycles. The summed E-state index contributed by atoms with van der Waals surface area (Å²) in [6.07, 6.45) is 0.692. The van der Waals surface area contributed by atoms with Gasteiger partial charge >= 0.3 is 12.0 Å². The molecule has 2 unspecified atom stereocenters. The van der Waals surface area contributed by atoms with Crippen molar-refractivity contribution in [1.29, 1.82) is 0 Å². The van der Waals surface area contributed by atoms with Gasteiger partial charge < -0.3 is 15.4 Å². The molecule has 2 amide bonds. The Hall–Kier alpha value is -2.64. The number of carbonyl (C=O) groups is 2. The molecule has 2 atom stereocenters. The second-order valence-electron chi connectivity index (χ2n) is 4.79. The van der Waals surface area contributed by atoms with Crippen LogP contribution in [-0.2, 0) is 9.53 Å². The Bertz CT molecular complexity index is 544. The summed E-state index contributed by atoms with van der Waals surface area (Å²) in [6.45, 7) is 3.73. The lowest BCUT2D eigenvalue weighted by Crippen LogP contribution is -2.47. The molecular formula is C14H19N3O5. The maximum absolute atomic E-state index is 11.9. The van der Waals surface area contributed by atoms with E-state index in [9.17, 15) is 19.7 Å². The summed E-state index contributed by atoms with van der Waals surface area (Å²) in [5, 5.41) is 15.6. The van der Waals surface area contributed by atoms with E-state index in [4.69, 9.17) is 0 Å². The van der Waals surface area contributed by atoms with E-state index < -0.39 is 23.0 Å². The Morgan fingerprint density at radius 2 is 1.91 bits per heavy atom. The SMILES string of the molecule is CCC(C)C(NC(=O)Nc1ccc([N+](=O)[O-])cc1)C(=O)OC. The molecular weight excluding hydrogens is 290 g/mol. The number of esters is 1. The van der Waals surface area contributed by atoms with Crippen molar-refractivity contribution in [1.82, 2.24) is 5.32 Å². The van der Waals surface area contributed by atoms with Crippen LogP contribution in [-0.4, -0.2) is 30.1 Å². The maximum atomic E-state index is 11.9. The highest BCUT2D eigenvalue weighted by atomic mass is 16.6. The molecule has 1 aromatic rings. The van der Waals surface area contributed by atoms with E-state index in [-0.39, 0.29) is 11.6 Å². The van der Waals surface area contributed by atoms with Crippen LogP contribution in [0.25, 0.3) is 0 Å². The molecule has 0 radical (unpaired) electrons. The van der Waals surface area contributed by atoms with Crippen molar-refractivity contribution in [2.24, 2.45) is 5.92 Å². The first kappa shape index (κ1) is 17.4. The van der Waals surface area contributed by atoms with Crippen LogP contribution in [0.2, 0.25) is 0 Å².